The Kier molecular flexibility index (Phi) is 26.2. The zero-order valence-corrected chi connectivity index (χ0v) is 87.3. The lowest BCUT2D eigenvalue weighted by atomic mass is 9.39. The molecule has 25 heteroatoms. The summed E-state index contributed by atoms with van der Waals surface area (Å²) in [6.45, 7) is 39.7. The van der Waals surface area contributed by atoms with Gasteiger partial charge in [-0.05, 0) is 384 Å². The highest BCUT2D eigenvalue weighted by atomic mass is 127. The number of carbonyl (C=O) groups is 1. The van der Waals surface area contributed by atoms with Crippen molar-refractivity contribution in [3.05, 3.63) is 88.8 Å². The Morgan fingerprint density at radius 1 is 0.375 bits per heavy atom. The van der Waals surface area contributed by atoms with E-state index in [1.54, 1.807) is 12.4 Å². The summed E-state index contributed by atoms with van der Waals surface area (Å²) in [5, 5.41) is 86.7. The maximum absolute atomic E-state index is 11.7. The summed E-state index contributed by atoms with van der Waals surface area (Å²) in [6.07, 6.45) is 59.5. The summed E-state index contributed by atoms with van der Waals surface area (Å²) < 4.78 is 29.7. The molecule has 8 N–H and O–H groups in total. The minimum Gasteiger partial charge on any atom is -0.481 e. The first-order valence-corrected chi connectivity index (χ1v) is 52.5. The molecule has 24 aliphatic carbocycles. The molecule has 12 atom stereocenters. The molecule has 0 aromatic carbocycles. The van der Waals surface area contributed by atoms with E-state index in [0.717, 1.165) is 116 Å². The van der Waals surface area contributed by atoms with Crippen LogP contribution < -0.4 is 0 Å². The van der Waals surface area contributed by atoms with Gasteiger partial charge in [0.2, 0.25) is 0 Å². The minimum absolute atomic E-state index is 0.0197. The highest BCUT2D eigenvalue weighted by molar-refractivity contribution is 14.1. The Hall–Kier alpha value is -2.67. The topological polar surface area (TPSA) is 286 Å². The van der Waals surface area contributed by atoms with Crippen molar-refractivity contribution in [1.29, 1.82) is 0 Å². The van der Waals surface area contributed by atoms with Gasteiger partial charge in [-0.2, -0.15) is 25.5 Å². The number of aliphatic hydroxyl groups excluding tert-OH is 6. The van der Waals surface area contributed by atoms with Crippen molar-refractivity contribution in [2.24, 2.45) is 97.5 Å². The van der Waals surface area contributed by atoms with Crippen molar-refractivity contribution in [2.45, 2.75) is 384 Å². The van der Waals surface area contributed by atoms with Crippen LogP contribution in [0.2, 0.25) is 0 Å². The molecule has 0 saturated heterocycles. The zero-order valence-electron chi connectivity index (χ0n) is 80.4. The predicted octanol–water partition coefficient (Wildman–Crippen LogP) is 21.1. The number of rotatable bonds is 20. The molecular formula is C103H160Br3IN10O11. The van der Waals surface area contributed by atoms with Crippen molar-refractivity contribution in [1.82, 2.24) is 49.3 Å². The predicted molar refractivity (Wildman–Crippen MR) is 519 cm³/mol. The van der Waals surface area contributed by atoms with E-state index in [4.69, 9.17) is 24.4 Å². The number of aliphatic hydroxyl groups is 6. The third-order valence-electron chi connectivity index (χ3n) is 35.6. The van der Waals surface area contributed by atoms with Crippen LogP contribution >= 0.6 is 70.4 Å². The number of aromatic nitrogens is 10. The number of nitrogens with zero attached hydrogens (tertiary/aromatic N) is 9. The Bertz CT molecular complexity index is 4470. The number of hydrogen-bond donors (Lipinski definition) is 8. The van der Waals surface area contributed by atoms with Gasteiger partial charge in [0.1, 0.15) is 0 Å². The number of hydrogen-bond acceptors (Lipinski definition) is 15. The Morgan fingerprint density at radius 3 is 0.969 bits per heavy atom. The molecule has 716 valence electrons. The third-order valence-corrected chi connectivity index (χ3v) is 39.2. The number of carboxylic acid groups (broad SMARTS) is 1. The number of H-pyrrole nitrogens is 1. The first-order valence-electron chi connectivity index (χ1n) is 49.0. The van der Waals surface area contributed by atoms with Gasteiger partial charge < -0.3 is 50.0 Å². The van der Waals surface area contributed by atoms with E-state index < -0.39 is 11.4 Å². The smallest absolute Gasteiger partial charge is 0.309 e. The monoisotopic (exact) mass is 2080 g/mol. The van der Waals surface area contributed by atoms with Crippen molar-refractivity contribution < 1.29 is 54.8 Å². The summed E-state index contributed by atoms with van der Waals surface area (Å²) in [5.74, 6) is -0.562. The lowest BCUT2D eigenvalue weighted by Gasteiger charge is -2.69. The number of halogens is 4. The first kappa shape index (κ1) is 98.4. The van der Waals surface area contributed by atoms with Gasteiger partial charge >= 0.3 is 5.97 Å². The number of ether oxygens (including phenoxy) is 3. The summed E-state index contributed by atoms with van der Waals surface area (Å²) in [7, 11) is 0. The molecule has 29 rings (SSSR count). The maximum atomic E-state index is 11.7. The first-order chi connectivity index (χ1) is 59.6. The molecule has 24 aliphatic rings. The second-order valence-electron chi connectivity index (χ2n) is 53.0. The van der Waals surface area contributed by atoms with Gasteiger partial charge in [0.15, 0.2) is 0 Å². The van der Waals surface area contributed by atoms with E-state index in [1.165, 1.54) is 156 Å². The molecule has 0 aliphatic heterocycles. The van der Waals surface area contributed by atoms with E-state index >= 15 is 0 Å². The molecule has 0 amide bonds. The average Bonchev–Trinajstić information content (AvgIpc) is 0.801. The van der Waals surface area contributed by atoms with Gasteiger partial charge in [-0.1, -0.05) is 131 Å². The average molecular weight is 2080 g/mol. The summed E-state index contributed by atoms with van der Waals surface area (Å²) in [6, 6.07) is 8.00. The number of aryl methyl sites for hydroxylation is 1. The molecule has 24 fully saturated rings. The van der Waals surface area contributed by atoms with Crippen LogP contribution in [0, 0.1) is 115 Å². The van der Waals surface area contributed by atoms with Gasteiger partial charge in [-0.3, -0.25) is 28.6 Å². The van der Waals surface area contributed by atoms with Gasteiger partial charge in [-0.25, -0.2) is 0 Å². The second-order valence-corrected chi connectivity index (χ2v) is 59.2. The number of alkyl halides is 3. The van der Waals surface area contributed by atoms with Crippen LogP contribution in [0.1, 0.15) is 326 Å². The number of carboxylic acids is 1. The largest absolute Gasteiger partial charge is 0.481 e. The molecule has 128 heavy (non-hydrogen) atoms. The zero-order chi connectivity index (χ0) is 92.1. The molecule has 24 saturated carbocycles. The van der Waals surface area contributed by atoms with Crippen molar-refractivity contribution in [2.75, 3.05) is 59.5 Å². The van der Waals surface area contributed by atoms with Gasteiger partial charge in [0, 0.05) is 101 Å². The minimum atomic E-state index is -0.562. The summed E-state index contributed by atoms with van der Waals surface area (Å²) >= 11 is 14.4. The Morgan fingerprint density at radius 2 is 0.703 bits per heavy atom. The van der Waals surface area contributed by atoms with E-state index in [-0.39, 0.29) is 75.8 Å². The fourth-order valence-electron chi connectivity index (χ4n) is 40.4. The lowest BCUT2D eigenvalue weighted by molar-refractivity contribution is -0.250. The van der Waals surface area contributed by atoms with Crippen LogP contribution in [0.25, 0.3) is 0 Å². The Labute approximate surface area is 803 Å². The second kappa shape index (κ2) is 34.1. The molecule has 24 bridgehead atoms. The van der Waals surface area contributed by atoms with Crippen LogP contribution in [0.4, 0.5) is 0 Å². The van der Waals surface area contributed by atoms with Crippen LogP contribution in [0.3, 0.4) is 0 Å². The van der Waals surface area contributed by atoms with Crippen molar-refractivity contribution in [3.63, 3.8) is 0 Å². The Balaban J connectivity index is 0.000000111. The number of aromatic amines is 1. The van der Waals surface area contributed by atoms with Gasteiger partial charge in [0.25, 0.3) is 0 Å². The SMILES string of the molecule is CC12CC3(C)CC(Br)(C1)CC(C(=O)O)(C2)C3.CC12CC3(C)CC(Br)(C1)CC(CO)(C2)C3.CC12CC3(C)CC(Br)(C1)CC(Cn1cccn1)(C2)C3.CC12CC3(C)CC(Cn4cccn4)(C1)CC(OCCO)(C2)C3.Cc1c(I)cnn1CC12CC3(C)CC(C)(C1)CC(OCCO)(C3)C2.Cc1ccnn1CC12CC3(C)CC(C)(C1)CC(OCCO)(C3)C2.OCCO.c1cn[nH]c1. The van der Waals surface area contributed by atoms with E-state index in [9.17, 15) is 30.3 Å². The highest BCUT2D eigenvalue weighted by Crippen LogP contribution is 2.79. The van der Waals surface area contributed by atoms with Crippen LogP contribution in [-0.2, 0) is 45.2 Å². The standard InChI is InChI=1S/C19H29IN2O2.C19H30N2O2.C18H28N2O2.C16H23BrN2.C13H19BrO2.C13H21BrO.C3H4N2.C2H6O2/c1-14-15(20)6-21-22(14)13-18-8-16(2)7-17(3,9-18)11-19(10-16,12-18)24-5-4-23;1-15-4-5-20-21(15)14-18-9-16(2)8-17(3,10-18)12-19(11-16,13-18)23-7-6-22;1-15-8-16(2)10-17(9-15,14-20-5-3-4-19-20)13-18(11-15,12-16)22-7-6-21;1-13-6-14(2)8-15(7-13,11-16(17,9-13)10-14)12-19-5-3-4-18-19;1-10-3-11(2)5-12(4-10,9(15)16)8-13(14,6-10)7-11;1-10-3-11(2)5-12(4-10,9-15)8-13(14,6-10)7-11;1-2-4-5-3-1;3-1-2-4/h6,23H,4-5,7-13H2,1-3H3;4-5,22H,6-14H2,1-3H3;3-5,21H,6-14H2,1-2H3;3-5H,6-12H2,1-2H3;3-8H2,1-2H3,(H,15,16);15H,3-9H2,1-2H3;1-3H,(H,4,5);3-4H,1-2H2. The molecule has 5 heterocycles. The van der Waals surface area contributed by atoms with Crippen LogP contribution in [0.15, 0.2) is 73.8 Å². The maximum Gasteiger partial charge on any atom is 0.309 e. The van der Waals surface area contributed by atoms with Gasteiger partial charge in [0.05, 0.1) is 84.8 Å². The molecule has 12 unspecified atom stereocenters. The molecule has 5 aromatic rings. The van der Waals surface area contributed by atoms with Crippen LogP contribution in [-0.4, -0.2) is 180 Å². The fourth-order valence-corrected chi connectivity index (χ4v) is 46.6. The van der Waals surface area contributed by atoms with Gasteiger partial charge in [-0.15, -0.1) is 0 Å². The van der Waals surface area contributed by atoms with Crippen molar-refractivity contribution in [3.8, 4) is 0 Å². The number of nitrogens with one attached hydrogen (secondary N) is 1. The molecular weight excluding hydrogens is 1920 g/mol. The van der Waals surface area contributed by atoms with E-state index in [2.05, 4.69) is 235 Å². The summed E-state index contributed by atoms with van der Waals surface area (Å²) in [5.41, 5.74) is 8.38. The highest BCUT2D eigenvalue weighted by Gasteiger charge is 2.73. The fraction of sp³-hybridized carbons (Fsp3) is 0.845. The molecule has 5 aromatic heterocycles. The van der Waals surface area contributed by atoms with Crippen molar-refractivity contribution >= 4 is 76.4 Å². The lowest BCUT2D eigenvalue weighted by Crippen LogP contribution is -2.64. The molecule has 0 radical (unpaired) electrons. The summed E-state index contributed by atoms with van der Waals surface area (Å²) in [4.78, 5) is 11.7. The normalized spacial score (nSPS) is 47.1. The number of aliphatic carboxylic acids is 1. The van der Waals surface area contributed by atoms with E-state index in [0.29, 0.717) is 105 Å². The quantitative estimate of drug-likeness (QED) is 0.0265. The third kappa shape index (κ3) is 20.5. The van der Waals surface area contributed by atoms with Crippen LogP contribution in [0.5, 0.6) is 0 Å². The van der Waals surface area contributed by atoms with E-state index in [1.807, 2.05) is 43.0 Å². The molecule has 0 spiro atoms. The molecule has 21 nitrogen and oxygen atoms in total.